The summed E-state index contributed by atoms with van der Waals surface area (Å²) in [4.78, 5) is 0. The Balaban J connectivity index is 2.76. The highest BCUT2D eigenvalue weighted by molar-refractivity contribution is 7.92. The molecule has 6 heteroatoms. The van der Waals surface area contributed by atoms with Gasteiger partial charge in [0.25, 0.3) is 0 Å². The maximum absolute atomic E-state index is 11.7. The first-order valence-corrected chi connectivity index (χ1v) is 7.18. The van der Waals surface area contributed by atoms with Gasteiger partial charge in [0, 0.05) is 6.54 Å². The average molecular weight is 245 g/mol. The molecule has 1 N–H and O–H groups in total. The molecule has 0 fully saturated rings. The molecular weight excluding hydrogens is 226 g/mol. The van der Waals surface area contributed by atoms with Crippen molar-refractivity contribution in [2.75, 3.05) is 10.5 Å². The molecule has 0 bridgehead atoms. The number of nitrogens with one attached hydrogen (secondary N) is 1. The highest BCUT2D eigenvalue weighted by atomic mass is 32.2. The van der Waals surface area contributed by atoms with Crippen molar-refractivity contribution in [2.45, 2.75) is 40.2 Å². The van der Waals surface area contributed by atoms with Gasteiger partial charge in [0.15, 0.2) is 0 Å². The van der Waals surface area contributed by atoms with Crippen LogP contribution in [0, 0.1) is 6.92 Å². The fraction of sp³-hybridized carbons (Fsp3) is 0.700. The Labute approximate surface area is 96.9 Å². The van der Waals surface area contributed by atoms with Crippen molar-refractivity contribution in [3.05, 3.63) is 11.9 Å². The van der Waals surface area contributed by atoms with Crippen molar-refractivity contribution in [1.82, 2.24) is 9.78 Å². The molecule has 0 atom stereocenters. The molecule has 0 aliphatic carbocycles. The van der Waals surface area contributed by atoms with Crippen molar-refractivity contribution < 1.29 is 8.42 Å². The Morgan fingerprint density at radius 2 is 2.12 bits per heavy atom. The first-order chi connectivity index (χ1) is 7.50. The second-order valence-corrected chi connectivity index (χ2v) is 5.58. The van der Waals surface area contributed by atoms with Gasteiger partial charge in [0.1, 0.15) is 0 Å². The zero-order valence-electron chi connectivity index (χ0n) is 10.0. The minimum atomic E-state index is -3.22. The molecule has 0 unspecified atom stereocenters. The standard InChI is InChI=1S/C10H19N3O2S/c1-4-6-7-16(14,15)12-10-8-11-13(5-2)9(10)3/h8,12H,4-7H2,1-3H3. The monoisotopic (exact) mass is 245 g/mol. The van der Waals surface area contributed by atoms with Crippen molar-refractivity contribution in [1.29, 1.82) is 0 Å². The van der Waals surface area contributed by atoms with Gasteiger partial charge in [0.2, 0.25) is 10.0 Å². The van der Waals surface area contributed by atoms with Crippen LogP contribution in [0.1, 0.15) is 32.4 Å². The molecule has 92 valence electrons. The Hall–Kier alpha value is -1.04. The number of aromatic nitrogens is 2. The van der Waals surface area contributed by atoms with E-state index in [0.717, 1.165) is 18.7 Å². The van der Waals surface area contributed by atoms with E-state index in [1.165, 1.54) is 0 Å². The highest BCUT2D eigenvalue weighted by Gasteiger charge is 2.13. The molecule has 1 aromatic heterocycles. The molecular formula is C10H19N3O2S. The van der Waals surface area contributed by atoms with Gasteiger partial charge in [-0.3, -0.25) is 9.40 Å². The summed E-state index contributed by atoms with van der Waals surface area (Å²) in [6.45, 7) is 6.53. The normalized spacial score (nSPS) is 11.7. The van der Waals surface area contributed by atoms with Gasteiger partial charge in [-0.15, -0.1) is 0 Å². The molecule has 0 radical (unpaired) electrons. The van der Waals surface area contributed by atoms with E-state index < -0.39 is 10.0 Å². The molecule has 0 amide bonds. The van der Waals surface area contributed by atoms with Crippen molar-refractivity contribution in [3.8, 4) is 0 Å². The van der Waals surface area contributed by atoms with E-state index in [0.29, 0.717) is 12.1 Å². The fourth-order valence-electron chi connectivity index (χ4n) is 1.42. The minimum absolute atomic E-state index is 0.167. The number of hydrogen-bond acceptors (Lipinski definition) is 3. The van der Waals surface area contributed by atoms with Crippen LogP contribution in [0.25, 0.3) is 0 Å². The SMILES string of the molecule is CCCCS(=O)(=O)Nc1cnn(CC)c1C. The van der Waals surface area contributed by atoms with E-state index in [-0.39, 0.29) is 5.75 Å². The van der Waals surface area contributed by atoms with E-state index in [9.17, 15) is 8.42 Å². The van der Waals surface area contributed by atoms with E-state index in [1.807, 2.05) is 20.8 Å². The van der Waals surface area contributed by atoms with Gasteiger partial charge in [-0.05, 0) is 20.3 Å². The number of sulfonamides is 1. The van der Waals surface area contributed by atoms with Gasteiger partial charge in [-0.25, -0.2) is 8.42 Å². The van der Waals surface area contributed by atoms with Crippen LogP contribution >= 0.6 is 0 Å². The third-order valence-corrected chi connectivity index (χ3v) is 3.79. The van der Waals surface area contributed by atoms with Crippen LogP contribution in [0.4, 0.5) is 5.69 Å². The molecule has 1 heterocycles. The summed E-state index contributed by atoms with van der Waals surface area (Å²) < 4.78 is 27.6. The van der Waals surface area contributed by atoms with Crippen LogP contribution in [0.15, 0.2) is 6.20 Å². The molecule has 0 aliphatic heterocycles. The molecule has 5 nitrogen and oxygen atoms in total. The zero-order chi connectivity index (χ0) is 12.2. The van der Waals surface area contributed by atoms with E-state index >= 15 is 0 Å². The second kappa shape index (κ2) is 5.34. The summed E-state index contributed by atoms with van der Waals surface area (Å²) in [6, 6.07) is 0. The van der Waals surface area contributed by atoms with Crippen LogP contribution < -0.4 is 4.72 Å². The Morgan fingerprint density at radius 3 is 2.62 bits per heavy atom. The largest absolute Gasteiger partial charge is 0.280 e. The van der Waals surface area contributed by atoms with Gasteiger partial charge < -0.3 is 0 Å². The van der Waals surface area contributed by atoms with Crippen LogP contribution in [0.5, 0.6) is 0 Å². The maximum Gasteiger partial charge on any atom is 0.232 e. The number of hydrogen-bond donors (Lipinski definition) is 1. The lowest BCUT2D eigenvalue weighted by atomic mass is 10.4. The highest BCUT2D eigenvalue weighted by Crippen LogP contribution is 2.15. The van der Waals surface area contributed by atoms with Gasteiger partial charge in [0.05, 0.1) is 23.3 Å². The molecule has 0 aromatic carbocycles. The summed E-state index contributed by atoms with van der Waals surface area (Å²) in [5, 5.41) is 4.09. The van der Waals surface area contributed by atoms with E-state index in [2.05, 4.69) is 9.82 Å². The molecule has 0 saturated carbocycles. The summed E-state index contributed by atoms with van der Waals surface area (Å²) >= 11 is 0. The Kier molecular flexibility index (Phi) is 4.35. The van der Waals surface area contributed by atoms with Crippen molar-refractivity contribution in [3.63, 3.8) is 0 Å². The lowest BCUT2D eigenvalue weighted by Crippen LogP contribution is -2.17. The first-order valence-electron chi connectivity index (χ1n) is 5.53. The lowest BCUT2D eigenvalue weighted by Gasteiger charge is -2.07. The molecule has 16 heavy (non-hydrogen) atoms. The first kappa shape index (κ1) is 13.0. The predicted molar refractivity (Wildman–Crippen MR) is 65.0 cm³/mol. The number of aryl methyl sites for hydroxylation is 1. The van der Waals surface area contributed by atoms with Crippen LogP contribution in [0.3, 0.4) is 0 Å². The lowest BCUT2D eigenvalue weighted by molar-refractivity contribution is 0.597. The average Bonchev–Trinajstić information content (AvgIpc) is 2.57. The zero-order valence-corrected chi connectivity index (χ0v) is 10.8. The van der Waals surface area contributed by atoms with Crippen LogP contribution in [0.2, 0.25) is 0 Å². The maximum atomic E-state index is 11.7. The number of rotatable bonds is 6. The molecule has 0 saturated heterocycles. The number of anilines is 1. The second-order valence-electron chi connectivity index (χ2n) is 3.73. The Bertz CT molecular complexity index is 437. The Morgan fingerprint density at radius 1 is 1.44 bits per heavy atom. The van der Waals surface area contributed by atoms with E-state index in [1.54, 1.807) is 10.9 Å². The number of nitrogens with zero attached hydrogens (tertiary/aromatic N) is 2. The van der Waals surface area contributed by atoms with Gasteiger partial charge in [-0.2, -0.15) is 5.10 Å². The van der Waals surface area contributed by atoms with Gasteiger partial charge in [-0.1, -0.05) is 13.3 Å². The molecule has 0 spiro atoms. The number of unbranched alkanes of at least 4 members (excludes halogenated alkanes) is 1. The minimum Gasteiger partial charge on any atom is -0.280 e. The van der Waals surface area contributed by atoms with Crippen LogP contribution in [-0.4, -0.2) is 24.0 Å². The third-order valence-electron chi connectivity index (χ3n) is 2.43. The van der Waals surface area contributed by atoms with E-state index in [4.69, 9.17) is 0 Å². The van der Waals surface area contributed by atoms with Crippen molar-refractivity contribution in [2.24, 2.45) is 0 Å². The van der Waals surface area contributed by atoms with Crippen molar-refractivity contribution >= 4 is 15.7 Å². The topological polar surface area (TPSA) is 64.0 Å². The molecule has 1 aromatic rings. The van der Waals surface area contributed by atoms with Gasteiger partial charge >= 0.3 is 0 Å². The molecule has 1 rings (SSSR count). The fourth-order valence-corrected chi connectivity index (χ4v) is 2.72. The summed E-state index contributed by atoms with van der Waals surface area (Å²) in [5.74, 6) is 0.167. The summed E-state index contributed by atoms with van der Waals surface area (Å²) in [6.07, 6.45) is 3.10. The van der Waals surface area contributed by atoms with Crippen LogP contribution in [-0.2, 0) is 16.6 Å². The molecule has 0 aliphatic rings. The third kappa shape index (κ3) is 3.23. The quantitative estimate of drug-likeness (QED) is 0.830. The summed E-state index contributed by atoms with van der Waals surface area (Å²) in [7, 11) is -3.22. The predicted octanol–water partition coefficient (Wildman–Crippen LogP) is 1.75. The summed E-state index contributed by atoms with van der Waals surface area (Å²) in [5.41, 5.74) is 1.43. The smallest absolute Gasteiger partial charge is 0.232 e.